The van der Waals surface area contributed by atoms with Crippen LogP contribution in [0.25, 0.3) is 10.9 Å². The van der Waals surface area contributed by atoms with Gasteiger partial charge in [-0.2, -0.15) is 0 Å². The van der Waals surface area contributed by atoms with Crippen LogP contribution in [0.4, 0.5) is 0 Å². The van der Waals surface area contributed by atoms with Gasteiger partial charge in [0, 0.05) is 30.1 Å². The first-order chi connectivity index (χ1) is 10.8. The van der Waals surface area contributed by atoms with Crippen LogP contribution in [0.3, 0.4) is 0 Å². The third-order valence-electron chi connectivity index (χ3n) is 3.85. The summed E-state index contributed by atoms with van der Waals surface area (Å²) in [5.41, 5.74) is 5.81. The minimum absolute atomic E-state index is 0.139. The summed E-state index contributed by atoms with van der Waals surface area (Å²) in [7, 11) is 0. The molecule has 0 saturated heterocycles. The Labute approximate surface area is 129 Å². The number of hydrogen-bond donors (Lipinski definition) is 2. The van der Waals surface area contributed by atoms with Crippen molar-refractivity contribution in [2.75, 3.05) is 0 Å². The lowest BCUT2D eigenvalue weighted by Gasteiger charge is -2.05. The van der Waals surface area contributed by atoms with Crippen LogP contribution in [-0.4, -0.2) is 10.5 Å². The van der Waals surface area contributed by atoms with Crippen LogP contribution >= 0.6 is 0 Å². The van der Waals surface area contributed by atoms with Crippen molar-refractivity contribution in [3.05, 3.63) is 71.9 Å². The predicted octanol–water partition coefficient (Wildman–Crippen LogP) is 2.61. The van der Waals surface area contributed by atoms with Gasteiger partial charge < -0.3 is 4.57 Å². The van der Waals surface area contributed by atoms with Crippen LogP contribution in [0.1, 0.15) is 17.5 Å². The van der Waals surface area contributed by atoms with Crippen LogP contribution < -0.4 is 11.3 Å². The molecule has 3 N–H and O–H groups in total. The molecule has 4 nitrogen and oxygen atoms in total. The van der Waals surface area contributed by atoms with Gasteiger partial charge in [-0.3, -0.25) is 10.2 Å². The second-order valence-electron chi connectivity index (χ2n) is 5.35. The van der Waals surface area contributed by atoms with Gasteiger partial charge in [0.1, 0.15) is 0 Å². The Balaban J connectivity index is 1.92. The van der Waals surface area contributed by atoms with Crippen LogP contribution in [0.15, 0.2) is 60.8 Å². The number of nitrogens with zero attached hydrogens (tertiary/aromatic N) is 1. The molecule has 0 saturated carbocycles. The van der Waals surface area contributed by atoms with Gasteiger partial charge in [-0.25, -0.2) is 5.84 Å². The normalized spacial score (nSPS) is 10.8. The first-order valence-corrected chi connectivity index (χ1v) is 7.38. The summed E-state index contributed by atoms with van der Waals surface area (Å²) in [6, 6.07) is 18.7. The van der Waals surface area contributed by atoms with E-state index < -0.39 is 0 Å². The molecule has 0 spiro atoms. The maximum absolute atomic E-state index is 11.4. The number of aromatic nitrogens is 1. The van der Waals surface area contributed by atoms with Gasteiger partial charge in [0.2, 0.25) is 5.91 Å². The zero-order chi connectivity index (χ0) is 15.4. The Morgan fingerprint density at radius 1 is 1.05 bits per heavy atom. The molecule has 0 fully saturated rings. The molecule has 0 aliphatic heterocycles. The molecule has 0 atom stereocenters. The Hall–Kier alpha value is -2.59. The van der Waals surface area contributed by atoms with E-state index >= 15 is 0 Å². The molecule has 3 aromatic rings. The lowest BCUT2D eigenvalue weighted by Crippen LogP contribution is -2.30. The van der Waals surface area contributed by atoms with Crippen molar-refractivity contribution in [1.29, 1.82) is 0 Å². The molecule has 0 unspecified atom stereocenters. The van der Waals surface area contributed by atoms with Gasteiger partial charge in [0.05, 0.1) is 0 Å². The molecular formula is C18H19N3O. The average Bonchev–Trinajstić information content (AvgIpc) is 2.92. The molecule has 0 radical (unpaired) electrons. The second-order valence-corrected chi connectivity index (χ2v) is 5.35. The number of carbonyl (C=O) groups excluding carboxylic acids is 1. The lowest BCUT2D eigenvalue weighted by molar-refractivity contribution is -0.121. The Morgan fingerprint density at radius 2 is 1.77 bits per heavy atom. The fourth-order valence-electron chi connectivity index (χ4n) is 2.75. The molecule has 22 heavy (non-hydrogen) atoms. The topological polar surface area (TPSA) is 60.0 Å². The number of aryl methyl sites for hydroxylation is 1. The molecule has 1 amide bonds. The van der Waals surface area contributed by atoms with E-state index in [-0.39, 0.29) is 5.91 Å². The van der Waals surface area contributed by atoms with E-state index in [2.05, 4.69) is 40.5 Å². The number of rotatable bonds is 5. The van der Waals surface area contributed by atoms with Crippen molar-refractivity contribution in [1.82, 2.24) is 9.99 Å². The van der Waals surface area contributed by atoms with E-state index in [0.29, 0.717) is 12.8 Å². The van der Waals surface area contributed by atoms with E-state index in [4.69, 9.17) is 5.84 Å². The zero-order valence-corrected chi connectivity index (χ0v) is 12.3. The van der Waals surface area contributed by atoms with E-state index in [0.717, 1.165) is 6.54 Å². The number of hydrazine groups is 1. The molecule has 1 heterocycles. The second kappa shape index (κ2) is 6.45. The molecule has 112 valence electrons. The highest BCUT2D eigenvalue weighted by Crippen LogP contribution is 2.23. The summed E-state index contributed by atoms with van der Waals surface area (Å²) in [5.74, 6) is 5.01. The van der Waals surface area contributed by atoms with E-state index in [1.54, 1.807) is 0 Å². The van der Waals surface area contributed by atoms with E-state index in [1.165, 1.54) is 22.0 Å². The highest BCUT2D eigenvalue weighted by atomic mass is 16.2. The quantitative estimate of drug-likeness (QED) is 0.431. The van der Waals surface area contributed by atoms with E-state index in [1.807, 2.05) is 30.3 Å². The third-order valence-corrected chi connectivity index (χ3v) is 3.85. The molecule has 0 aliphatic rings. The Kier molecular flexibility index (Phi) is 4.21. The molecule has 0 bridgehead atoms. The SMILES string of the molecule is NNC(=O)CCc1cn(Cc2ccccc2)c2ccccc12. The number of para-hydroxylation sites is 1. The molecule has 3 rings (SSSR count). The number of amides is 1. The van der Waals surface area contributed by atoms with E-state index in [9.17, 15) is 4.79 Å². The number of carbonyl (C=O) groups is 1. The van der Waals surface area contributed by atoms with Gasteiger partial charge in [-0.15, -0.1) is 0 Å². The van der Waals surface area contributed by atoms with Crippen LogP contribution in [-0.2, 0) is 17.8 Å². The maximum Gasteiger partial charge on any atom is 0.234 e. The molecule has 1 aromatic heterocycles. The van der Waals surface area contributed by atoms with Gasteiger partial charge in [0.15, 0.2) is 0 Å². The lowest BCUT2D eigenvalue weighted by atomic mass is 10.1. The summed E-state index contributed by atoms with van der Waals surface area (Å²) < 4.78 is 2.24. The summed E-state index contributed by atoms with van der Waals surface area (Å²) >= 11 is 0. The summed E-state index contributed by atoms with van der Waals surface area (Å²) in [6.45, 7) is 0.824. The number of nitrogens with one attached hydrogen (secondary N) is 1. The standard InChI is InChI=1S/C18H19N3O/c19-20-18(22)11-10-15-13-21(12-14-6-2-1-3-7-14)17-9-5-4-8-16(15)17/h1-9,13H,10-12,19H2,(H,20,22). The zero-order valence-electron chi connectivity index (χ0n) is 12.3. The van der Waals surface area contributed by atoms with Crippen molar-refractivity contribution >= 4 is 16.8 Å². The number of nitrogens with two attached hydrogens (primary N) is 1. The summed E-state index contributed by atoms with van der Waals surface area (Å²) in [5, 5.41) is 1.20. The first kappa shape index (κ1) is 14.4. The van der Waals surface area contributed by atoms with Crippen LogP contribution in [0.2, 0.25) is 0 Å². The molecule has 0 aliphatic carbocycles. The van der Waals surface area contributed by atoms with Crippen molar-refractivity contribution in [3.63, 3.8) is 0 Å². The minimum atomic E-state index is -0.139. The smallest absolute Gasteiger partial charge is 0.234 e. The Bertz CT molecular complexity index is 777. The fourth-order valence-corrected chi connectivity index (χ4v) is 2.75. The summed E-state index contributed by atoms with van der Waals surface area (Å²) in [6.07, 6.45) is 3.22. The van der Waals surface area contributed by atoms with Gasteiger partial charge >= 0.3 is 0 Å². The Morgan fingerprint density at radius 3 is 2.55 bits per heavy atom. The fraction of sp³-hybridized carbons (Fsp3) is 0.167. The number of benzene rings is 2. The first-order valence-electron chi connectivity index (χ1n) is 7.38. The predicted molar refractivity (Wildman–Crippen MR) is 88.1 cm³/mol. The highest BCUT2D eigenvalue weighted by Gasteiger charge is 2.09. The summed E-state index contributed by atoms with van der Waals surface area (Å²) in [4.78, 5) is 11.4. The van der Waals surface area contributed by atoms with Crippen molar-refractivity contribution < 1.29 is 4.79 Å². The largest absolute Gasteiger partial charge is 0.343 e. The number of fused-ring (bicyclic) bond motifs is 1. The number of hydrogen-bond acceptors (Lipinski definition) is 2. The van der Waals surface area contributed by atoms with Crippen molar-refractivity contribution in [3.8, 4) is 0 Å². The van der Waals surface area contributed by atoms with Crippen molar-refractivity contribution in [2.24, 2.45) is 5.84 Å². The minimum Gasteiger partial charge on any atom is -0.343 e. The molecular weight excluding hydrogens is 274 g/mol. The van der Waals surface area contributed by atoms with Crippen LogP contribution in [0.5, 0.6) is 0 Å². The average molecular weight is 293 g/mol. The monoisotopic (exact) mass is 293 g/mol. The van der Waals surface area contributed by atoms with Crippen molar-refractivity contribution in [2.45, 2.75) is 19.4 Å². The van der Waals surface area contributed by atoms with Gasteiger partial charge in [-0.05, 0) is 23.6 Å². The third kappa shape index (κ3) is 3.02. The van der Waals surface area contributed by atoms with Gasteiger partial charge in [0.25, 0.3) is 0 Å². The highest BCUT2D eigenvalue weighted by molar-refractivity contribution is 5.85. The van der Waals surface area contributed by atoms with Crippen LogP contribution in [0, 0.1) is 0 Å². The maximum atomic E-state index is 11.4. The molecule has 2 aromatic carbocycles. The molecule has 4 heteroatoms. The van der Waals surface area contributed by atoms with Gasteiger partial charge in [-0.1, -0.05) is 48.5 Å².